The molecule has 2 fully saturated rings. The first-order valence-electron chi connectivity index (χ1n) is 10.0. The molecular weight excluding hydrogens is 394 g/mol. The minimum Gasteiger partial charge on any atom is -0.376 e. The van der Waals surface area contributed by atoms with Crippen molar-refractivity contribution in [3.63, 3.8) is 0 Å². The van der Waals surface area contributed by atoms with E-state index in [1.165, 1.54) is 0 Å². The van der Waals surface area contributed by atoms with Gasteiger partial charge in [-0.1, -0.05) is 28.9 Å². The fourth-order valence-corrected chi connectivity index (χ4v) is 3.58. The number of benzene rings is 1. The lowest BCUT2D eigenvalue weighted by molar-refractivity contribution is -0.121. The quantitative estimate of drug-likeness (QED) is 0.712. The normalized spacial score (nSPS) is 18.6. The van der Waals surface area contributed by atoms with Crippen molar-refractivity contribution < 1.29 is 18.8 Å². The van der Waals surface area contributed by atoms with E-state index in [0.29, 0.717) is 36.5 Å². The molecule has 2 aromatic rings. The Balaban J connectivity index is 1.45. The summed E-state index contributed by atoms with van der Waals surface area (Å²) in [6.45, 7) is 1.46. The third-order valence-electron chi connectivity index (χ3n) is 5.12. The highest BCUT2D eigenvalue weighted by Crippen LogP contribution is 2.24. The molecule has 29 heavy (non-hydrogen) atoms. The second-order valence-corrected chi connectivity index (χ2v) is 8.00. The molecule has 0 bridgehead atoms. The second kappa shape index (κ2) is 8.97. The summed E-state index contributed by atoms with van der Waals surface area (Å²) in [6, 6.07) is 9.09. The predicted molar refractivity (Wildman–Crippen MR) is 108 cm³/mol. The maximum absolute atomic E-state index is 13.1. The van der Waals surface area contributed by atoms with E-state index in [0.717, 1.165) is 31.2 Å². The number of rotatable bonds is 8. The second-order valence-electron chi connectivity index (χ2n) is 7.56. The summed E-state index contributed by atoms with van der Waals surface area (Å²) < 4.78 is 11.1. The number of amides is 2. The molecule has 1 aliphatic carbocycles. The van der Waals surface area contributed by atoms with Crippen molar-refractivity contribution in [3.8, 4) is 11.3 Å². The van der Waals surface area contributed by atoms with E-state index in [1.807, 2.05) is 12.1 Å². The zero-order valence-electron chi connectivity index (χ0n) is 16.1. The number of hydrogen-bond donors (Lipinski definition) is 1. The summed E-state index contributed by atoms with van der Waals surface area (Å²) in [5.41, 5.74) is 0.958. The van der Waals surface area contributed by atoms with Crippen LogP contribution in [0.25, 0.3) is 11.3 Å². The number of nitrogens with zero attached hydrogens (tertiary/aromatic N) is 2. The molecule has 1 saturated carbocycles. The number of carbonyl (C=O) groups is 2. The number of hydrogen-bond acceptors (Lipinski definition) is 5. The van der Waals surface area contributed by atoms with E-state index in [2.05, 4.69) is 10.5 Å². The Morgan fingerprint density at radius 3 is 2.83 bits per heavy atom. The molecule has 2 aliphatic rings. The highest BCUT2D eigenvalue weighted by molar-refractivity contribution is 6.30. The average molecular weight is 418 g/mol. The van der Waals surface area contributed by atoms with Crippen LogP contribution in [0.3, 0.4) is 0 Å². The summed E-state index contributed by atoms with van der Waals surface area (Å²) in [7, 11) is 0. The van der Waals surface area contributed by atoms with Crippen LogP contribution in [0.2, 0.25) is 5.02 Å². The maximum atomic E-state index is 13.1. The lowest BCUT2D eigenvalue weighted by Crippen LogP contribution is -2.40. The lowest BCUT2D eigenvalue weighted by Gasteiger charge is -2.24. The zero-order valence-corrected chi connectivity index (χ0v) is 16.9. The van der Waals surface area contributed by atoms with Gasteiger partial charge in [0.05, 0.1) is 6.10 Å². The van der Waals surface area contributed by atoms with Gasteiger partial charge >= 0.3 is 0 Å². The number of halogens is 1. The van der Waals surface area contributed by atoms with Gasteiger partial charge in [0, 0.05) is 48.8 Å². The highest BCUT2D eigenvalue weighted by atomic mass is 35.5. The number of nitrogens with one attached hydrogen (secondary N) is 1. The molecule has 4 rings (SSSR count). The monoisotopic (exact) mass is 417 g/mol. The summed E-state index contributed by atoms with van der Waals surface area (Å²) in [4.78, 5) is 26.8. The minimum absolute atomic E-state index is 0.00950. The average Bonchev–Trinajstić information content (AvgIpc) is 3.19. The smallest absolute Gasteiger partial charge is 0.276 e. The highest BCUT2D eigenvalue weighted by Gasteiger charge is 2.27. The van der Waals surface area contributed by atoms with E-state index in [4.69, 9.17) is 20.9 Å². The van der Waals surface area contributed by atoms with Crippen LogP contribution >= 0.6 is 11.6 Å². The molecule has 0 unspecified atom stereocenters. The number of ether oxygens (including phenoxy) is 1. The van der Waals surface area contributed by atoms with Gasteiger partial charge in [0.25, 0.3) is 5.91 Å². The van der Waals surface area contributed by atoms with Crippen molar-refractivity contribution in [1.82, 2.24) is 15.4 Å². The van der Waals surface area contributed by atoms with E-state index >= 15 is 0 Å². The van der Waals surface area contributed by atoms with E-state index in [9.17, 15) is 9.59 Å². The maximum Gasteiger partial charge on any atom is 0.276 e. The van der Waals surface area contributed by atoms with Gasteiger partial charge in [-0.05, 0) is 37.8 Å². The topological polar surface area (TPSA) is 84.7 Å². The van der Waals surface area contributed by atoms with Gasteiger partial charge < -0.3 is 19.5 Å². The molecule has 2 amide bonds. The summed E-state index contributed by atoms with van der Waals surface area (Å²) in [5.74, 6) is 0.175. The summed E-state index contributed by atoms with van der Waals surface area (Å²) in [6.07, 6.45) is 4.21. The van der Waals surface area contributed by atoms with Crippen molar-refractivity contribution in [2.24, 2.45) is 0 Å². The lowest BCUT2D eigenvalue weighted by atomic mass is 10.1. The van der Waals surface area contributed by atoms with Gasteiger partial charge in [-0.3, -0.25) is 9.59 Å². The molecule has 0 spiro atoms. The Labute approximate surface area is 174 Å². The first kappa shape index (κ1) is 19.9. The Kier molecular flexibility index (Phi) is 6.16. The molecule has 1 aromatic carbocycles. The van der Waals surface area contributed by atoms with Crippen LogP contribution in [-0.2, 0) is 9.53 Å². The molecule has 154 valence electrons. The van der Waals surface area contributed by atoms with Crippen molar-refractivity contribution in [3.05, 3.63) is 41.0 Å². The third kappa shape index (κ3) is 5.36. The number of carbonyl (C=O) groups excluding carboxylic acids is 2. The van der Waals surface area contributed by atoms with Gasteiger partial charge in [0.2, 0.25) is 5.91 Å². The summed E-state index contributed by atoms with van der Waals surface area (Å²) in [5, 5.41) is 7.49. The van der Waals surface area contributed by atoms with Crippen LogP contribution in [0.15, 0.2) is 34.9 Å². The fourth-order valence-electron chi connectivity index (χ4n) is 3.39. The third-order valence-corrected chi connectivity index (χ3v) is 5.36. The summed E-state index contributed by atoms with van der Waals surface area (Å²) >= 11 is 6.03. The minimum atomic E-state index is -0.267. The molecular formula is C21H24ClN3O4. The Bertz CT molecular complexity index is 874. The predicted octanol–water partition coefficient (Wildman–Crippen LogP) is 3.28. The van der Waals surface area contributed by atoms with Crippen LogP contribution in [-0.4, -0.2) is 53.7 Å². The van der Waals surface area contributed by atoms with Crippen LogP contribution in [0, 0.1) is 0 Å². The Hall–Kier alpha value is -2.38. The zero-order chi connectivity index (χ0) is 20.2. The fraction of sp³-hybridized carbons (Fsp3) is 0.476. The van der Waals surface area contributed by atoms with Gasteiger partial charge in [-0.25, -0.2) is 0 Å². The van der Waals surface area contributed by atoms with Crippen molar-refractivity contribution in [2.45, 2.75) is 44.2 Å². The molecule has 1 atom stereocenters. The van der Waals surface area contributed by atoms with Gasteiger partial charge in [-0.2, -0.15) is 0 Å². The van der Waals surface area contributed by atoms with E-state index in [-0.39, 0.29) is 30.0 Å². The largest absolute Gasteiger partial charge is 0.376 e. The van der Waals surface area contributed by atoms with Crippen molar-refractivity contribution in [2.75, 3.05) is 19.7 Å². The Morgan fingerprint density at radius 1 is 1.24 bits per heavy atom. The number of aromatic nitrogens is 1. The Morgan fingerprint density at radius 2 is 2.10 bits per heavy atom. The van der Waals surface area contributed by atoms with Crippen LogP contribution in [0.5, 0.6) is 0 Å². The van der Waals surface area contributed by atoms with Crippen LogP contribution < -0.4 is 5.32 Å². The standard InChI is InChI=1S/C21H24ClN3O4/c22-15-4-1-3-14(11-15)19-12-18(24-29-19)21(27)25(13-17-5-2-10-28-17)9-8-20(26)23-16-6-7-16/h1,3-4,11-12,16-17H,2,5-10,13H2,(H,23,26)/t17-/m1/s1. The van der Waals surface area contributed by atoms with Crippen LogP contribution in [0.1, 0.15) is 42.6 Å². The first-order chi connectivity index (χ1) is 14.1. The SMILES string of the molecule is O=C(CCN(C[C@H]1CCCO1)C(=O)c1cc(-c2cccc(Cl)c2)on1)NC1CC1. The van der Waals surface area contributed by atoms with Gasteiger partial charge in [0.1, 0.15) is 0 Å². The molecule has 2 heterocycles. The molecule has 1 aromatic heterocycles. The molecule has 1 N–H and O–H groups in total. The van der Waals surface area contributed by atoms with Gasteiger partial charge in [0.15, 0.2) is 11.5 Å². The molecule has 0 radical (unpaired) electrons. The van der Waals surface area contributed by atoms with Crippen LogP contribution in [0.4, 0.5) is 0 Å². The van der Waals surface area contributed by atoms with Crippen molar-refractivity contribution >= 4 is 23.4 Å². The van der Waals surface area contributed by atoms with E-state index < -0.39 is 0 Å². The van der Waals surface area contributed by atoms with Gasteiger partial charge in [-0.15, -0.1) is 0 Å². The van der Waals surface area contributed by atoms with Crippen molar-refractivity contribution in [1.29, 1.82) is 0 Å². The first-order valence-corrected chi connectivity index (χ1v) is 10.4. The molecule has 1 aliphatic heterocycles. The molecule has 8 heteroatoms. The molecule has 7 nitrogen and oxygen atoms in total. The molecule has 1 saturated heterocycles. The van der Waals surface area contributed by atoms with E-state index in [1.54, 1.807) is 23.1 Å².